The minimum Gasteiger partial charge on any atom is -0.382 e. The fourth-order valence-corrected chi connectivity index (χ4v) is 2.64. The van der Waals surface area contributed by atoms with Crippen LogP contribution in [-0.2, 0) is 18.9 Å². The van der Waals surface area contributed by atoms with Gasteiger partial charge in [0.2, 0.25) is 11.6 Å². The Kier molecular flexibility index (Phi) is 4.66. The van der Waals surface area contributed by atoms with Crippen molar-refractivity contribution in [1.82, 2.24) is 0 Å². The van der Waals surface area contributed by atoms with Gasteiger partial charge in [0.1, 0.15) is 5.60 Å². The van der Waals surface area contributed by atoms with E-state index in [1.54, 1.807) is 24.3 Å². The Hall–Kier alpha value is -0.720. The van der Waals surface area contributed by atoms with E-state index in [4.69, 9.17) is 18.9 Å². The molecule has 0 bridgehead atoms. The lowest BCUT2D eigenvalue weighted by atomic mass is 9.96. The number of unbranched alkanes of at least 4 members (excludes halogenated alkanes) is 1. The molecule has 5 nitrogen and oxygen atoms in total. The summed E-state index contributed by atoms with van der Waals surface area (Å²) < 4.78 is 22.6. The van der Waals surface area contributed by atoms with Gasteiger partial charge in [0.25, 0.3) is 0 Å². The lowest BCUT2D eigenvalue weighted by Gasteiger charge is -2.46. The van der Waals surface area contributed by atoms with Gasteiger partial charge in [-0.3, -0.25) is 0 Å². The first kappa shape index (κ1) is 15.7. The van der Waals surface area contributed by atoms with E-state index in [2.05, 4.69) is 6.92 Å². The fraction of sp³-hybridized carbons (Fsp3) is 0.733. The molecule has 1 fully saturated rings. The van der Waals surface area contributed by atoms with Crippen LogP contribution in [0.2, 0.25) is 0 Å². The van der Waals surface area contributed by atoms with Crippen molar-refractivity contribution in [3.8, 4) is 0 Å². The maximum atomic E-state index is 10.7. The topological polar surface area (TPSA) is 57.2 Å². The smallest absolute Gasteiger partial charge is 0.248 e. The molecule has 0 aromatic heterocycles. The lowest BCUT2D eigenvalue weighted by Crippen LogP contribution is -2.61. The zero-order valence-electron chi connectivity index (χ0n) is 12.4. The highest BCUT2D eigenvalue weighted by Crippen LogP contribution is 2.41. The van der Waals surface area contributed by atoms with E-state index in [-0.39, 0.29) is 0 Å². The maximum absolute atomic E-state index is 10.7. The molecule has 2 rings (SSSR count). The summed E-state index contributed by atoms with van der Waals surface area (Å²) in [7, 11) is 3.08. The Balaban J connectivity index is 2.38. The molecule has 1 N–H and O–H groups in total. The van der Waals surface area contributed by atoms with Crippen molar-refractivity contribution in [2.75, 3.05) is 27.4 Å². The number of ether oxygens (including phenoxy) is 4. The molecule has 1 aliphatic heterocycles. The molecule has 0 saturated carbocycles. The van der Waals surface area contributed by atoms with E-state index < -0.39 is 17.2 Å². The summed E-state index contributed by atoms with van der Waals surface area (Å²) in [5, 5.41) is 10.7. The molecule has 0 aromatic carbocycles. The van der Waals surface area contributed by atoms with Gasteiger partial charge >= 0.3 is 0 Å². The van der Waals surface area contributed by atoms with Gasteiger partial charge in [-0.1, -0.05) is 19.8 Å². The summed E-state index contributed by atoms with van der Waals surface area (Å²) in [4.78, 5) is 0. The summed E-state index contributed by atoms with van der Waals surface area (Å²) >= 11 is 0. The molecular weight excluding hydrogens is 260 g/mol. The first-order valence-corrected chi connectivity index (χ1v) is 7.07. The van der Waals surface area contributed by atoms with Gasteiger partial charge in [-0.15, -0.1) is 0 Å². The van der Waals surface area contributed by atoms with Crippen molar-refractivity contribution in [1.29, 1.82) is 0 Å². The Labute approximate surface area is 120 Å². The first-order valence-electron chi connectivity index (χ1n) is 7.07. The van der Waals surface area contributed by atoms with Gasteiger partial charge in [-0.2, -0.15) is 0 Å². The molecule has 0 aromatic rings. The van der Waals surface area contributed by atoms with Gasteiger partial charge in [-0.05, 0) is 30.7 Å². The molecule has 5 heteroatoms. The number of rotatable bonds is 5. The first-order chi connectivity index (χ1) is 9.55. The number of aliphatic hydroxyl groups is 1. The molecular formula is C15H24O5. The van der Waals surface area contributed by atoms with Crippen LogP contribution in [0.1, 0.15) is 26.2 Å². The zero-order chi connectivity index (χ0) is 14.7. The standard InChI is InChI=1S/C15H24O5/c1-4-5-6-13(16)7-9-14(17-2)15(18-3,10-8-13)20-12-11-19-14/h7-10,16H,4-6,11-12H2,1-3H3/t14-,15-/m0/s1. The predicted molar refractivity (Wildman–Crippen MR) is 74.1 cm³/mol. The average Bonchev–Trinajstić information content (AvgIpc) is 2.62. The van der Waals surface area contributed by atoms with E-state index in [1.165, 1.54) is 14.2 Å². The predicted octanol–water partition coefficient (Wildman–Crippen LogP) is 1.77. The Morgan fingerprint density at radius 2 is 1.50 bits per heavy atom. The van der Waals surface area contributed by atoms with E-state index in [0.29, 0.717) is 19.6 Å². The van der Waals surface area contributed by atoms with Crippen molar-refractivity contribution in [3.63, 3.8) is 0 Å². The van der Waals surface area contributed by atoms with E-state index in [9.17, 15) is 5.11 Å². The second-order valence-electron chi connectivity index (χ2n) is 5.20. The normalized spacial score (nSPS) is 35.6. The highest BCUT2D eigenvalue weighted by Gasteiger charge is 2.56. The van der Waals surface area contributed by atoms with Crippen molar-refractivity contribution >= 4 is 0 Å². The molecule has 0 unspecified atom stereocenters. The Bertz CT molecular complexity index is 362. The average molecular weight is 284 g/mol. The van der Waals surface area contributed by atoms with E-state index in [0.717, 1.165) is 12.8 Å². The third-order valence-electron chi connectivity index (χ3n) is 3.92. The third kappa shape index (κ3) is 2.56. The van der Waals surface area contributed by atoms with Crippen LogP contribution in [0.5, 0.6) is 0 Å². The van der Waals surface area contributed by atoms with Gasteiger partial charge in [-0.25, -0.2) is 0 Å². The maximum Gasteiger partial charge on any atom is 0.248 e. The second kappa shape index (κ2) is 5.95. The monoisotopic (exact) mass is 284 g/mol. The SMILES string of the molecule is CCCCC1(O)C=C[C@]2(OC)OCCO[C@@]2(OC)C=C1. The van der Waals surface area contributed by atoms with Crippen LogP contribution in [-0.4, -0.2) is 49.7 Å². The third-order valence-corrected chi connectivity index (χ3v) is 3.92. The van der Waals surface area contributed by atoms with Crippen LogP contribution in [0, 0.1) is 0 Å². The highest BCUT2D eigenvalue weighted by atomic mass is 16.8. The lowest BCUT2D eigenvalue weighted by molar-refractivity contribution is -0.389. The summed E-state index contributed by atoms with van der Waals surface area (Å²) in [5.74, 6) is -2.35. The summed E-state index contributed by atoms with van der Waals surface area (Å²) in [6, 6.07) is 0. The summed E-state index contributed by atoms with van der Waals surface area (Å²) in [5.41, 5.74) is -1.03. The molecule has 2 aliphatic rings. The molecule has 1 heterocycles. The van der Waals surface area contributed by atoms with Crippen LogP contribution >= 0.6 is 0 Å². The quantitative estimate of drug-likeness (QED) is 0.780. The van der Waals surface area contributed by atoms with Gasteiger partial charge in [0.15, 0.2) is 0 Å². The Morgan fingerprint density at radius 3 is 1.90 bits per heavy atom. The van der Waals surface area contributed by atoms with Crippen LogP contribution in [0.15, 0.2) is 24.3 Å². The highest BCUT2D eigenvalue weighted by molar-refractivity contribution is 5.27. The van der Waals surface area contributed by atoms with E-state index in [1.807, 2.05) is 0 Å². The molecule has 20 heavy (non-hydrogen) atoms. The van der Waals surface area contributed by atoms with Crippen LogP contribution in [0.3, 0.4) is 0 Å². The summed E-state index contributed by atoms with van der Waals surface area (Å²) in [6.45, 7) is 2.90. The van der Waals surface area contributed by atoms with Gasteiger partial charge in [0, 0.05) is 14.2 Å². The molecule has 0 radical (unpaired) electrons. The van der Waals surface area contributed by atoms with E-state index >= 15 is 0 Å². The fourth-order valence-electron chi connectivity index (χ4n) is 2.64. The number of fused-ring (bicyclic) bond motifs is 1. The van der Waals surface area contributed by atoms with Crippen LogP contribution < -0.4 is 0 Å². The second-order valence-corrected chi connectivity index (χ2v) is 5.20. The summed E-state index contributed by atoms with van der Waals surface area (Å²) in [6.07, 6.45) is 9.39. The Morgan fingerprint density at radius 1 is 1.00 bits per heavy atom. The van der Waals surface area contributed by atoms with Crippen LogP contribution in [0.25, 0.3) is 0 Å². The largest absolute Gasteiger partial charge is 0.382 e. The number of methoxy groups -OCH3 is 2. The van der Waals surface area contributed by atoms with Gasteiger partial charge in [0.05, 0.1) is 13.2 Å². The molecule has 0 amide bonds. The van der Waals surface area contributed by atoms with Crippen molar-refractivity contribution in [3.05, 3.63) is 24.3 Å². The van der Waals surface area contributed by atoms with Crippen molar-refractivity contribution in [2.45, 2.75) is 43.4 Å². The molecule has 1 saturated heterocycles. The number of hydrogen-bond acceptors (Lipinski definition) is 5. The van der Waals surface area contributed by atoms with Crippen molar-refractivity contribution < 1.29 is 24.1 Å². The minimum absolute atomic E-state index is 0.407. The minimum atomic E-state index is -1.17. The van der Waals surface area contributed by atoms with Gasteiger partial charge < -0.3 is 24.1 Å². The molecule has 2 atom stereocenters. The van der Waals surface area contributed by atoms with Crippen LogP contribution in [0.4, 0.5) is 0 Å². The molecule has 114 valence electrons. The zero-order valence-corrected chi connectivity index (χ0v) is 12.4. The number of hydrogen-bond donors (Lipinski definition) is 1. The molecule has 1 aliphatic carbocycles. The van der Waals surface area contributed by atoms with Crippen molar-refractivity contribution in [2.24, 2.45) is 0 Å². The molecule has 0 spiro atoms.